The number of aromatic nitrogens is 3. The fourth-order valence-corrected chi connectivity index (χ4v) is 2.52. The zero-order valence-corrected chi connectivity index (χ0v) is 17.8. The van der Waals surface area contributed by atoms with Gasteiger partial charge in [0.2, 0.25) is 0 Å². The van der Waals surface area contributed by atoms with E-state index < -0.39 is 0 Å². The maximum Gasteiger partial charge on any atom is 1.00 e. The van der Waals surface area contributed by atoms with Crippen LogP contribution < -0.4 is 50.0 Å². The molecule has 0 spiro atoms. The van der Waals surface area contributed by atoms with Gasteiger partial charge in [-0.2, -0.15) is 0 Å². The number of amides is 2. The molecule has 134 valence electrons. The molecule has 0 aliphatic rings. The van der Waals surface area contributed by atoms with Crippen molar-refractivity contribution in [2.24, 2.45) is 0 Å². The van der Waals surface area contributed by atoms with Gasteiger partial charge in [0.05, 0.1) is 19.0 Å². The summed E-state index contributed by atoms with van der Waals surface area (Å²) in [6.45, 7) is 2.31. The number of ether oxygens (including phenoxy) is 1. The van der Waals surface area contributed by atoms with Crippen LogP contribution in [0.3, 0.4) is 0 Å². The second-order valence-corrected chi connectivity index (χ2v) is 5.68. The molecule has 0 bridgehead atoms. The van der Waals surface area contributed by atoms with Crippen molar-refractivity contribution in [1.29, 1.82) is 0 Å². The first-order valence-electron chi connectivity index (χ1n) is 7.75. The molecule has 0 saturated heterocycles. The van der Waals surface area contributed by atoms with Crippen molar-refractivity contribution < 1.29 is 44.2 Å². The smallest absolute Gasteiger partial charge is 0.869 e. The van der Waals surface area contributed by atoms with Crippen LogP contribution in [0.2, 0.25) is 5.02 Å². The normalized spacial score (nSPS) is 10.2. The van der Waals surface area contributed by atoms with Gasteiger partial charge >= 0.3 is 35.6 Å². The van der Waals surface area contributed by atoms with Gasteiger partial charge in [0, 0.05) is 17.1 Å². The molecule has 0 radical (unpaired) electrons. The van der Waals surface area contributed by atoms with Gasteiger partial charge in [-0.3, -0.25) is 5.32 Å². The van der Waals surface area contributed by atoms with E-state index in [0.29, 0.717) is 29.0 Å². The second-order valence-electron chi connectivity index (χ2n) is 5.27. The third-order valence-corrected chi connectivity index (χ3v) is 3.79. The Kier molecular flexibility index (Phi) is 7.20. The number of carbonyl (C=O) groups excluding carboxylic acids is 1. The maximum absolute atomic E-state index is 11.9. The van der Waals surface area contributed by atoms with Crippen molar-refractivity contribution in [3.8, 4) is 22.8 Å². The van der Waals surface area contributed by atoms with E-state index in [1.807, 2.05) is 6.92 Å². The summed E-state index contributed by atoms with van der Waals surface area (Å²) in [4.78, 5) is 24.6. The van der Waals surface area contributed by atoms with Crippen LogP contribution >= 0.6 is 11.6 Å². The standard InChI is InChI=1S/C17H16ClN5O3.Na/c1-3-19-17(25)23-14-8-20-12-5-4-11(21-16(12)22-14)9-6-10(18)15(24)13(7-9)26-2;/h4-8,24H,3H2,1-2H3,(H2,19,21,22,23,25);/q;+1/p-1. The molecule has 0 atom stereocenters. The average Bonchev–Trinajstić information content (AvgIpc) is 2.63. The molecule has 8 nitrogen and oxygen atoms in total. The van der Waals surface area contributed by atoms with Crippen LogP contribution in [0.25, 0.3) is 22.4 Å². The summed E-state index contributed by atoms with van der Waals surface area (Å²) in [7, 11) is 1.40. The molecule has 2 N–H and O–H groups in total. The van der Waals surface area contributed by atoms with Crippen LogP contribution in [0.1, 0.15) is 6.92 Å². The molecule has 0 fully saturated rings. The largest absolute Gasteiger partial charge is 1.00 e. The minimum atomic E-state index is -0.382. The van der Waals surface area contributed by atoms with Gasteiger partial charge in [0.15, 0.2) is 11.5 Å². The van der Waals surface area contributed by atoms with Gasteiger partial charge in [-0.05, 0) is 36.9 Å². The molecule has 0 unspecified atom stereocenters. The molecule has 3 aromatic rings. The van der Waals surface area contributed by atoms with Gasteiger partial charge in [-0.25, -0.2) is 19.7 Å². The van der Waals surface area contributed by atoms with Gasteiger partial charge in [-0.1, -0.05) is 11.6 Å². The van der Waals surface area contributed by atoms with E-state index in [1.165, 1.54) is 19.4 Å². The summed E-state index contributed by atoms with van der Waals surface area (Å²) in [5, 5.41) is 17.1. The number of halogens is 1. The van der Waals surface area contributed by atoms with Crippen LogP contribution in [0, 0.1) is 0 Å². The van der Waals surface area contributed by atoms with Crippen LogP contribution in [-0.4, -0.2) is 34.6 Å². The predicted molar refractivity (Wildman–Crippen MR) is 96.5 cm³/mol. The summed E-state index contributed by atoms with van der Waals surface area (Å²) >= 11 is 5.98. The Morgan fingerprint density at radius 2 is 2.07 bits per heavy atom. The number of methoxy groups -OCH3 is 1. The predicted octanol–water partition coefficient (Wildman–Crippen LogP) is -0.427. The van der Waals surface area contributed by atoms with E-state index in [1.54, 1.807) is 18.2 Å². The number of nitrogens with zero attached hydrogens (tertiary/aromatic N) is 3. The average molecular weight is 396 g/mol. The summed E-state index contributed by atoms with van der Waals surface area (Å²) in [5.41, 5.74) is 2.06. The number of pyridine rings is 1. The fraction of sp³-hybridized carbons (Fsp3) is 0.176. The van der Waals surface area contributed by atoms with Crippen LogP contribution in [0.4, 0.5) is 10.6 Å². The van der Waals surface area contributed by atoms with Gasteiger partial charge in [-0.15, -0.1) is 0 Å². The molecule has 0 saturated carbocycles. The maximum atomic E-state index is 11.9. The molecule has 0 aliphatic heterocycles. The first kappa shape index (κ1) is 21.2. The quantitative estimate of drug-likeness (QED) is 0.580. The Morgan fingerprint density at radius 1 is 1.30 bits per heavy atom. The van der Waals surface area contributed by atoms with E-state index in [2.05, 4.69) is 25.6 Å². The second kappa shape index (κ2) is 9.18. The van der Waals surface area contributed by atoms with Crippen molar-refractivity contribution in [2.45, 2.75) is 6.92 Å². The number of hydrogen-bond acceptors (Lipinski definition) is 6. The van der Waals surface area contributed by atoms with Crippen LogP contribution in [0.15, 0.2) is 30.5 Å². The number of nitrogens with one attached hydrogen (secondary N) is 2. The Bertz CT molecular complexity index is 986. The van der Waals surface area contributed by atoms with E-state index in [4.69, 9.17) is 16.3 Å². The van der Waals surface area contributed by atoms with Crippen LogP contribution in [0.5, 0.6) is 11.5 Å². The third kappa shape index (κ3) is 4.78. The number of rotatable bonds is 4. The molecule has 2 aromatic heterocycles. The number of benzene rings is 1. The molecular weight excluding hydrogens is 381 g/mol. The van der Waals surface area contributed by atoms with Crippen molar-refractivity contribution in [3.63, 3.8) is 0 Å². The summed E-state index contributed by atoms with van der Waals surface area (Å²) in [5.74, 6) is 0.0256. The fourth-order valence-electron chi connectivity index (χ4n) is 2.31. The molecule has 10 heteroatoms. The van der Waals surface area contributed by atoms with E-state index in [9.17, 15) is 9.90 Å². The van der Waals surface area contributed by atoms with Gasteiger partial charge < -0.3 is 15.2 Å². The Labute approximate surface area is 182 Å². The van der Waals surface area contributed by atoms with Gasteiger partial charge in [0.25, 0.3) is 0 Å². The van der Waals surface area contributed by atoms with Crippen LogP contribution in [-0.2, 0) is 0 Å². The Balaban J connectivity index is 0.00000261. The number of urea groups is 1. The zero-order chi connectivity index (χ0) is 18.7. The molecule has 2 amide bonds. The number of carbonyl (C=O) groups is 1. The van der Waals surface area contributed by atoms with E-state index >= 15 is 0 Å². The summed E-state index contributed by atoms with van der Waals surface area (Å²) < 4.78 is 5.05. The minimum absolute atomic E-state index is 0. The van der Waals surface area contributed by atoms with Gasteiger partial charge in [0.1, 0.15) is 11.3 Å². The number of hydrogen-bond donors (Lipinski definition) is 2. The third-order valence-electron chi connectivity index (χ3n) is 3.51. The molecular formula is C17H15ClN5NaO3. The van der Waals surface area contributed by atoms with Crippen molar-refractivity contribution >= 4 is 34.6 Å². The molecule has 3 rings (SSSR count). The monoisotopic (exact) mass is 395 g/mol. The zero-order valence-electron chi connectivity index (χ0n) is 15.0. The van der Waals surface area contributed by atoms with E-state index in [-0.39, 0.29) is 57.9 Å². The summed E-state index contributed by atoms with van der Waals surface area (Å²) in [6, 6.07) is 6.19. The Morgan fingerprint density at radius 3 is 2.78 bits per heavy atom. The topological polar surface area (TPSA) is 112 Å². The minimum Gasteiger partial charge on any atom is -0.869 e. The molecule has 1 aromatic carbocycles. The molecule has 27 heavy (non-hydrogen) atoms. The first-order chi connectivity index (χ1) is 12.5. The van der Waals surface area contributed by atoms with Crippen molar-refractivity contribution in [1.82, 2.24) is 20.3 Å². The number of fused-ring (bicyclic) bond motifs is 1. The van der Waals surface area contributed by atoms with E-state index in [0.717, 1.165) is 0 Å². The SMILES string of the molecule is CCNC(=O)Nc1cnc2ccc(-c3cc(Cl)c([O-])c(OC)c3)nc2n1.[Na+]. The summed E-state index contributed by atoms with van der Waals surface area (Å²) in [6.07, 6.45) is 1.45. The Hall–Kier alpha value is -2.13. The molecule has 2 heterocycles. The van der Waals surface area contributed by atoms with Crippen molar-refractivity contribution in [2.75, 3.05) is 19.0 Å². The molecule has 0 aliphatic carbocycles. The van der Waals surface area contributed by atoms with Crippen molar-refractivity contribution in [3.05, 3.63) is 35.5 Å². The first-order valence-corrected chi connectivity index (χ1v) is 8.13. The number of anilines is 1.